The number of aliphatic hydroxyl groups excluding tert-OH is 1. The molecule has 7 heteroatoms. The van der Waals surface area contributed by atoms with Gasteiger partial charge in [-0.15, -0.1) is 13.2 Å². The number of unbranched alkanes of at least 4 members (excludes halogenated alkanes) is 2. The first-order valence-corrected chi connectivity index (χ1v) is 11.9. The van der Waals surface area contributed by atoms with E-state index in [-0.39, 0.29) is 49.4 Å². The van der Waals surface area contributed by atoms with Crippen molar-refractivity contribution >= 4 is 17.8 Å². The Balaban J connectivity index is 2.60. The topological polar surface area (TPSA) is 105 Å². The van der Waals surface area contributed by atoms with Gasteiger partial charge in [0, 0.05) is 12.8 Å². The molecular weight excluding hydrogens is 408 g/mol. The summed E-state index contributed by atoms with van der Waals surface area (Å²) in [5, 5.41) is 15.6. The fourth-order valence-electron chi connectivity index (χ4n) is 3.94. The molecule has 2 atom stereocenters. The van der Waals surface area contributed by atoms with Crippen LogP contribution in [0.2, 0.25) is 0 Å². The Hall–Kier alpha value is -2.15. The summed E-state index contributed by atoms with van der Waals surface area (Å²) >= 11 is 0. The van der Waals surface area contributed by atoms with Crippen LogP contribution in [0.5, 0.6) is 0 Å². The van der Waals surface area contributed by atoms with Crippen molar-refractivity contribution in [2.45, 2.75) is 89.6 Å². The van der Waals surface area contributed by atoms with Crippen LogP contribution in [0.15, 0.2) is 25.3 Å². The van der Waals surface area contributed by atoms with Crippen molar-refractivity contribution in [2.75, 3.05) is 13.2 Å². The number of ether oxygens (including phenoxy) is 1. The average molecular weight is 451 g/mol. The Labute approximate surface area is 193 Å². The predicted octanol–water partition coefficient (Wildman–Crippen LogP) is 3.42. The van der Waals surface area contributed by atoms with Gasteiger partial charge in [0.2, 0.25) is 11.8 Å². The third kappa shape index (κ3) is 9.98. The number of carbonyl (C=O) groups is 3. The number of hydrogen-bond donors (Lipinski definition) is 3. The number of rotatable bonds is 16. The van der Waals surface area contributed by atoms with E-state index in [9.17, 15) is 19.5 Å². The van der Waals surface area contributed by atoms with Crippen molar-refractivity contribution in [2.24, 2.45) is 11.8 Å². The average Bonchev–Trinajstić information content (AvgIpc) is 3.22. The minimum atomic E-state index is -0.569. The summed E-state index contributed by atoms with van der Waals surface area (Å²) in [6.45, 7) is 11.3. The Morgan fingerprint density at radius 1 is 1.12 bits per heavy atom. The smallest absolute Gasteiger partial charge is 0.305 e. The number of amides is 2. The van der Waals surface area contributed by atoms with Crippen LogP contribution in [0, 0.1) is 11.8 Å². The first-order valence-electron chi connectivity index (χ1n) is 11.9. The van der Waals surface area contributed by atoms with E-state index in [1.807, 2.05) is 19.9 Å². The van der Waals surface area contributed by atoms with E-state index in [0.29, 0.717) is 12.8 Å². The lowest BCUT2D eigenvalue weighted by atomic mass is 9.95. The molecule has 2 unspecified atom stereocenters. The van der Waals surface area contributed by atoms with Crippen LogP contribution in [0.4, 0.5) is 0 Å². The number of allylic oxidation sites excluding steroid dienone is 2. The highest BCUT2D eigenvalue weighted by Gasteiger charge is 2.35. The summed E-state index contributed by atoms with van der Waals surface area (Å²) in [6.07, 6.45) is 10.1. The van der Waals surface area contributed by atoms with Crippen molar-refractivity contribution in [3.63, 3.8) is 0 Å². The lowest BCUT2D eigenvalue weighted by Gasteiger charge is -2.29. The predicted molar refractivity (Wildman–Crippen MR) is 126 cm³/mol. The third-order valence-corrected chi connectivity index (χ3v) is 6.12. The normalized spacial score (nSPS) is 16.8. The van der Waals surface area contributed by atoms with E-state index in [1.54, 1.807) is 6.08 Å². The largest absolute Gasteiger partial charge is 0.463 e. The summed E-state index contributed by atoms with van der Waals surface area (Å²) < 4.78 is 5.38. The molecule has 1 fully saturated rings. The van der Waals surface area contributed by atoms with Crippen LogP contribution in [-0.4, -0.2) is 47.7 Å². The molecule has 0 bridgehead atoms. The molecule has 1 aliphatic rings. The standard InChI is InChI=1S/C25H42N2O5/c1-5-7-8-9-13-23(30)32-17-21(19(3)4)26-24(31)20(12-6-2)16-22(29)27-25(18-28)14-10-11-15-25/h5-6,19-21,28H,1-2,7-18H2,3-4H3,(H,26,31)(H,27,29). The molecule has 0 spiro atoms. The van der Waals surface area contributed by atoms with Gasteiger partial charge in [-0.2, -0.15) is 0 Å². The fourth-order valence-corrected chi connectivity index (χ4v) is 3.94. The van der Waals surface area contributed by atoms with Crippen LogP contribution >= 0.6 is 0 Å². The maximum atomic E-state index is 12.9. The molecule has 0 radical (unpaired) electrons. The summed E-state index contributed by atoms with van der Waals surface area (Å²) in [6, 6.07) is -0.339. The van der Waals surface area contributed by atoms with Crippen molar-refractivity contribution < 1.29 is 24.2 Å². The molecule has 3 N–H and O–H groups in total. The molecule has 32 heavy (non-hydrogen) atoms. The molecule has 2 amide bonds. The zero-order chi connectivity index (χ0) is 24.0. The van der Waals surface area contributed by atoms with Crippen molar-refractivity contribution in [1.82, 2.24) is 10.6 Å². The molecular formula is C25H42N2O5. The van der Waals surface area contributed by atoms with Gasteiger partial charge in [-0.25, -0.2) is 0 Å². The number of esters is 1. The van der Waals surface area contributed by atoms with Gasteiger partial charge < -0.3 is 20.5 Å². The summed E-state index contributed by atoms with van der Waals surface area (Å²) in [5.41, 5.74) is -0.563. The number of nitrogens with one attached hydrogen (secondary N) is 2. The molecule has 0 aromatic heterocycles. The van der Waals surface area contributed by atoms with E-state index >= 15 is 0 Å². The highest BCUT2D eigenvalue weighted by atomic mass is 16.5. The summed E-state index contributed by atoms with van der Waals surface area (Å²) in [4.78, 5) is 37.5. The van der Waals surface area contributed by atoms with Crippen molar-refractivity contribution in [1.29, 1.82) is 0 Å². The van der Waals surface area contributed by atoms with E-state index < -0.39 is 11.5 Å². The zero-order valence-electron chi connectivity index (χ0n) is 19.9. The maximum absolute atomic E-state index is 12.9. The lowest BCUT2D eigenvalue weighted by Crippen LogP contribution is -2.50. The molecule has 0 aliphatic heterocycles. The molecule has 1 rings (SSSR count). The quantitative estimate of drug-likeness (QED) is 0.190. The Morgan fingerprint density at radius 2 is 1.81 bits per heavy atom. The molecule has 0 aromatic carbocycles. The zero-order valence-corrected chi connectivity index (χ0v) is 19.9. The van der Waals surface area contributed by atoms with Gasteiger partial charge in [0.1, 0.15) is 6.61 Å². The molecule has 1 aliphatic carbocycles. The highest BCUT2D eigenvalue weighted by Crippen LogP contribution is 2.29. The molecule has 0 aromatic rings. The van der Waals surface area contributed by atoms with Gasteiger partial charge in [0.05, 0.1) is 24.1 Å². The molecule has 0 saturated heterocycles. The van der Waals surface area contributed by atoms with Gasteiger partial charge in [-0.3, -0.25) is 14.4 Å². The minimum absolute atomic E-state index is 0.0213. The SMILES string of the molecule is C=CCCCCC(=O)OCC(NC(=O)C(CC=C)CC(=O)NC1(CO)CCCC1)C(C)C. The highest BCUT2D eigenvalue weighted by molar-refractivity contribution is 5.86. The maximum Gasteiger partial charge on any atom is 0.305 e. The van der Waals surface area contributed by atoms with E-state index in [0.717, 1.165) is 44.9 Å². The number of carbonyl (C=O) groups excluding carboxylic acids is 3. The second-order valence-electron chi connectivity index (χ2n) is 9.20. The first-order chi connectivity index (χ1) is 15.3. The number of aliphatic hydroxyl groups is 1. The second kappa shape index (κ2) is 14.8. The van der Waals surface area contributed by atoms with Crippen LogP contribution in [0.1, 0.15) is 78.1 Å². The fraction of sp³-hybridized carbons (Fsp3) is 0.720. The lowest BCUT2D eigenvalue weighted by molar-refractivity contribution is -0.145. The van der Waals surface area contributed by atoms with Crippen LogP contribution in [-0.2, 0) is 19.1 Å². The van der Waals surface area contributed by atoms with Crippen molar-refractivity contribution in [3.05, 3.63) is 25.3 Å². The second-order valence-corrected chi connectivity index (χ2v) is 9.20. The van der Waals surface area contributed by atoms with E-state index in [4.69, 9.17) is 4.74 Å². The Kier molecular flexibility index (Phi) is 12.9. The first kappa shape index (κ1) is 27.9. The van der Waals surface area contributed by atoms with Gasteiger partial charge in [0.15, 0.2) is 0 Å². The molecule has 1 saturated carbocycles. The summed E-state index contributed by atoms with van der Waals surface area (Å²) in [7, 11) is 0. The van der Waals surface area contributed by atoms with Crippen LogP contribution < -0.4 is 10.6 Å². The van der Waals surface area contributed by atoms with E-state index in [1.165, 1.54) is 0 Å². The van der Waals surface area contributed by atoms with Gasteiger partial charge in [-0.1, -0.05) is 38.8 Å². The van der Waals surface area contributed by atoms with Crippen LogP contribution in [0.3, 0.4) is 0 Å². The third-order valence-electron chi connectivity index (χ3n) is 6.12. The number of hydrogen-bond acceptors (Lipinski definition) is 5. The Morgan fingerprint density at radius 3 is 2.38 bits per heavy atom. The van der Waals surface area contributed by atoms with Crippen LogP contribution in [0.25, 0.3) is 0 Å². The monoisotopic (exact) mass is 450 g/mol. The molecule has 182 valence electrons. The Bertz CT molecular complexity index is 626. The summed E-state index contributed by atoms with van der Waals surface area (Å²) in [5.74, 6) is -1.29. The van der Waals surface area contributed by atoms with Gasteiger partial charge in [-0.05, 0) is 44.4 Å². The van der Waals surface area contributed by atoms with Gasteiger partial charge >= 0.3 is 5.97 Å². The van der Waals surface area contributed by atoms with Crippen molar-refractivity contribution in [3.8, 4) is 0 Å². The van der Waals surface area contributed by atoms with E-state index in [2.05, 4.69) is 23.8 Å². The molecule has 0 heterocycles. The van der Waals surface area contributed by atoms with Gasteiger partial charge in [0.25, 0.3) is 0 Å². The minimum Gasteiger partial charge on any atom is -0.463 e. The molecule has 7 nitrogen and oxygen atoms in total.